The van der Waals surface area contributed by atoms with Gasteiger partial charge < -0.3 is 4.90 Å². The van der Waals surface area contributed by atoms with E-state index in [2.05, 4.69) is 0 Å². The fourth-order valence-corrected chi connectivity index (χ4v) is 4.33. The lowest BCUT2D eigenvalue weighted by atomic mass is 10.1. The Kier molecular flexibility index (Phi) is 4.59. The first-order chi connectivity index (χ1) is 13.0. The van der Waals surface area contributed by atoms with Crippen molar-refractivity contribution in [3.63, 3.8) is 0 Å². The minimum absolute atomic E-state index is 0.112. The summed E-state index contributed by atoms with van der Waals surface area (Å²) < 4.78 is 0. The molecule has 1 heterocycles. The third-order valence-corrected chi connectivity index (χ3v) is 5.92. The molecule has 1 aliphatic heterocycles. The van der Waals surface area contributed by atoms with Crippen LogP contribution in [0.3, 0.4) is 0 Å². The van der Waals surface area contributed by atoms with Crippen LogP contribution in [0.1, 0.15) is 15.9 Å². The molecule has 0 saturated heterocycles. The Morgan fingerprint density at radius 1 is 1.04 bits per heavy atom. The number of fused-ring (bicyclic) bond motifs is 2. The molecule has 7 heteroatoms. The molecule has 0 spiro atoms. The van der Waals surface area contributed by atoms with Gasteiger partial charge in [-0.15, -0.1) is 0 Å². The lowest BCUT2D eigenvalue weighted by Crippen LogP contribution is -2.30. The quantitative estimate of drug-likeness (QED) is 0.429. The third-order valence-electron chi connectivity index (χ3n) is 4.28. The molecule has 0 bridgehead atoms. The minimum Gasteiger partial charge on any atom is -0.303 e. The molecule has 3 aromatic carbocycles. The van der Waals surface area contributed by atoms with Crippen LogP contribution in [0.15, 0.2) is 76.5 Å². The number of anilines is 1. The van der Waals surface area contributed by atoms with E-state index in [9.17, 15) is 14.9 Å². The Labute approximate surface area is 164 Å². The maximum absolute atomic E-state index is 13.3. The van der Waals surface area contributed by atoms with Crippen LogP contribution >= 0.6 is 23.4 Å². The number of nitro benzene ring substituents is 1. The van der Waals surface area contributed by atoms with Gasteiger partial charge in [0.15, 0.2) is 0 Å². The first-order valence-electron chi connectivity index (χ1n) is 8.15. The van der Waals surface area contributed by atoms with Crippen molar-refractivity contribution in [2.45, 2.75) is 16.3 Å². The summed E-state index contributed by atoms with van der Waals surface area (Å²) in [5.74, 6) is -0.286. The van der Waals surface area contributed by atoms with Crippen molar-refractivity contribution >= 4 is 40.6 Å². The number of nitrogens with zero attached hydrogens (tertiary/aromatic N) is 2. The average Bonchev–Trinajstić information content (AvgIpc) is 2.79. The predicted octanol–water partition coefficient (Wildman–Crippen LogP) is 5.56. The molecule has 3 aromatic rings. The van der Waals surface area contributed by atoms with Crippen molar-refractivity contribution < 1.29 is 9.72 Å². The molecule has 27 heavy (non-hydrogen) atoms. The first kappa shape index (κ1) is 17.6. The monoisotopic (exact) mass is 396 g/mol. The van der Waals surface area contributed by atoms with Crippen molar-refractivity contribution in [2.24, 2.45) is 0 Å². The number of amides is 1. The van der Waals surface area contributed by atoms with Gasteiger partial charge in [0.2, 0.25) is 0 Å². The Morgan fingerprint density at radius 2 is 1.81 bits per heavy atom. The minimum atomic E-state index is -0.495. The number of hydrogen-bond acceptors (Lipinski definition) is 4. The number of non-ortho nitro benzene ring substituents is 1. The Bertz CT molecular complexity index is 1060. The van der Waals surface area contributed by atoms with E-state index in [1.165, 1.54) is 23.9 Å². The van der Waals surface area contributed by atoms with E-state index >= 15 is 0 Å². The maximum Gasteiger partial charge on any atom is 0.270 e. The van der Waals surface area contributed by atoms with Crippen LogP contribution in [0.4, 0.5) is 11.4 Å². The second kappa shape index (κ2) is 7.06. The number of hydrogen-bond donors (Lipinski definition) is 0. The van der Waals surface area contributed by atoms with Crippen LogP contribution in [0.5, 0.6) is 0 Å². The highest BCUT2D eigenvalue weighted by Crippen LogP contribution is 2.45. The van der Waals surface area contributed by atoms with E-state index in [0.29, 0.717) is 27.7 Å². The van der Waals surface area contributed by atoms with Crippen molar-refractivity contribution in [3.05, 3.63) is 93.0 Å². The van der Waals surface area contributed by atoms with Gasteiger partial charge in [0, 0.05) is 17.0 Å². The molecule has 134 valence electrons. The molecule has 0 fully saturated rings. The molecule has 0 radical (unpaired) electrons. The molecule has 1 aliphatic rings. The smallest absolute Gasteiger partial charge is 0.270 e. The normalized spacial score (nSPS) is 12.9. The van der Waals surface area contributed by atoms with E-state index in [-0.39, 0.29) is 11.6 Å². The van der Waals surface area contributed by atoms with Gasteiger partial charge in [-0.1, -0.05) is 59.8 Å². The number of carbonyl (C=O) groups excluding carboxylic acids is 1. The summed E-state index contributed by atoms with van der Waals surface area (Å²) in [5, 5.41) is 11.7. The predicted molar refractivity (Wildman–Crippen MR) is 106 cm³/mol. The number of halogens is 1. The second-order valence-electron chi connectivity index (χ2n) is 6.00. The molecule has 0 atom stereocenters. The van der Waals surface area contributed by atoms with Crippen molar-refractivity contribution in [1.29, 1.82) is 0 Å². The fourth-order valence-electron chi connectivity index (χ4n) is 2.99. The molecule has 0 unspecified atom stereocenters. The number of carbonyl (C=O) groups is 1. The van der Waals surface area contributed by atoms with E-state index in [0.717, 1.165) is 10.5 Å². The standard InChI is InChI=1S/C20H13ClN2O3S/c21-16-7-4-8-17-19(16)27-18-10-9-14(23(25)26)11-15(18)20(24)22(17)12-13-5-2-1-3-6-13/h1-11H,12H2. The zero-order valence-corrected chi connectivity index (χ0v) is 15.5. The van der Waals surface area contributed by atoms with Gasteiger partial charge in [0.1, 0.15) is 0 Å². The summed E-state index contributed by atoms with van der Waals surface area (Å²) in [7, 11) is 0. The molecule has 0 N–H and O–H groups in total. The van der Waals surface area contributed by atoms with Gasteiger partial charge in [0.25, 0.3) is 11.6 Å². The van der Waals surface area contributed by atoms with E-state index in [4.69, 9.17) is 11.6 Å². The summed E-state index contributed by atoms with van der Waals surface area (Å²) in [6.07, 6.45) is 0. The first-order valence-corrected chi connectivity index (χ1v) is 9.34. The Hall–Kier alpha value is -2.83. The highest BCUT2D eigenvalue weighted by Gasteiger charge is 2.30. The van der Waals surface area contributed by atoms with E-state index < -0.39 is 4.92 Å². The SMILES string of the molecule is O=C1c2cc([N+](=O)[O-])ccc2Sc2c(Cl)cccc2N1Cc1ccccc1. The van der Waals surface area contributed by atoms with Crippen molar-refractivity contribution in [3.8, 4) is 0 Å². The van der Waals surface area contributed by atoms with Gasteiger partial charge in [-0.25, -0.2) is 0 Å². The van der Waals surface area contributed by atoms with Gasteiger partial charge in [0.05, 0.1) is 32.6 Å². The van der Waals surface area contributed by atoms with E-state index in [1.54, 1.807) is 23.1 Å². The summed E-state index contributed by atoms with van der Waals surface area (Å²) in [6, 6.07) is 19.4. The molecule has 0 aromatic heterocycles. The highest BCUT2D eigenvalue weighted by molar-refractivity contribution is 7.99. The summed E-state index contributed by atoms with van der Waals surface area (Å²) in [5.41, 5.74) is 1.84. The van der Waals surface area contributed by atoms with E-state index in [1.807, 2.05) is 36.4 Å². The van der Waals surface area contributed by atoms with Crippen LogP contribution in [0.2, 0.25) is 5.02 Å². The second-order valence-corrected chi connectivity index (χ2v) is 7.46. The largest absolute Gasteiger partial charge is 0.303 e. The Balaban J connectivity index is 1.89. The summed E-state index contributed by atoms with van der Waals surface area (Å²) >= 11 is 7.76. The molecule has 4 rings (SSSR count). The van der Waals surface area contributed by atoms with Gasteiger partial charge >= 0.3 is 0 Å². The number of benzene rings is 3. The summed E-state index contributed by atoms with van der Waals surface area (Å²) in [6.45, 7) is 0.343. The van der Waals surface area contributed by atoms with Gasteiger partial charge in [-0.2, -0.15) is 0 Å². The molecule has 0 saturated carbocycles. The molecule has 1 amide bonds. The van der Waals surface area contributed by atoms with Crippen LogP contribution in [0, 0.1) is 10.1 Å². The summed E-state index contributed by atoms with van der Waals surface area (Å²) in [4.78, 5) is 27.1. The fraction of sp³-hybridized carbons (Fsp3) is 0.0500. The maximum atomic E-state index is 13.3. The topological polar surface area (TPSA) is 63.4 Å². The van der Waals surface area contributed by atoms with Crippen LogP contribution in [0.25, 0.3) is 0 Å². The zero-order valence-electron chi connectivity index (χ0n) is 14.0. The molecule has 0 aliphatic carbocycles. The van der Waals surface area contributed by atoms with Crippen LogP contribution < -0.4 is 4.90 Å². The molecular formula is C20H13ClN2O3S. The average molecular weight is 397 g/mol. The van der Waals surface area contributed by atoms with Crippen LogP contribution in [-0.2, 0) is 6.54 Å². The van der Waals surface area contributed by atoms with Crippen LogP contribution in [-0.4, -0.2) is 10.8 Å². The lowest BCUT2D eigenvalue weighted by molar-refractivity contribution is -0.384. The lowest BCUT2D eigenvalue weighted by Gasteiger charge is -2.23. The van der Waals surface area contributed by atoms with Gasteiger partial charge in [-0.05, 0) is 23.8 Å². The number of rotatable bonds is 3. The highest BCUT2D eigenvalue weighted by atomic mass is 35.5. The zero-order chi connectivity index (χ0) is 19.0. The number of nitro groups is 1. The molecule has 5 nitrogen and oxygen atoms in total. The Morgan fingerprint density at radius 3 is 2.56 bits per heavy atom. The molecular weight excluding hydrogens is 384 g/mol. The van der Waals surface area contributed by atoms with Crippen molar-refractivity contribution in [2.75, 3.05) is 4.90 Å². The van der Waals surface area contributed by atoms with Crippen molar-refractivity contribution in [1.82, 2.24) is 0 Å². The van der Waals surface area contributed by atoms with Gasteiger partial charge in [-0.3, -0.25) is 14.9 Å². The third kappa shape index (κ3) is 3.29.